The Bertz CT molecular complexity index is 570. The van der Waals surface area contributed by atoms with Crippen molar-refractivity contribution in [2.75, 3.05) is 6.61 Å². The molecule has 0 amide bonds. The molecule has 1 fully saturated rings. The van der Waals surface area contributed by atoms with Gasteiger partial charge in [0, 0.05) is 6.42 Å². The Morgan fingerprint density at radius 1 is 1.44 bits per heavy atom. The molecule has 2 aromatic heterocycles. The number of aryl methyl sites for hydroxylation is 1. The molecule has 3 heterocycles. The first-order valence-electron chi connectivity index (χ1n) is 5.79. The molecule has 3 rings (SSSR count). The molecule has 0 aliphatic carbocycles. The average Bonchev–Trinajstić information content (AvgIpc) is 2.93. The van der Waals surface area contributed by atoms with E-state index in [2.05, 4.69) is 15.0 Å². The molecule has 1 saturated heterocycles. The van der Waals surface area contributed by atoms with Crippen LogP contribution in [-0.4, -0.2) is 48.5 Å². The van der Waals surface area contributed by atoms with E-state index >= 15 is 0 Å². The molecule has 2 aromatic rings. The first-order chi connectivity index (χ1) is 8.70. The molecule has 0 aromatic carbocycles. The number of ether oxygens (including phenoxy) is 1. The van der Waals surface area contributed by atoms with Gasteiger partial charge in [-0.05, 0) is 6.92 Å². The first-order valence-corrected chi connectivity index (χ1v) is 5.79. The summed E-state index contributed by atoms with van der Waals surface area (Å²) >= 11 is 0. The molecular formula is C11H14N4O3. The number of hydrogen-bond donors (Lipinski definition) is 2. The number of nitrogens with zero attached hydrogens (tertiary/aromatic N) is 4. The summed E-state index contributed by atoms with van der Waals surface area (Å²) in [5.41, 5.74) is 2.21. The van der Waals surface area contributed by atoms with Crippen molar-refractivity contribution < 1.29 is 14.9 Å². The Morgan fingerprint density at radius 3 is 3.00 bits per heavy atom. The lowest BCUT2D eigenvalue weighted by Gasteiger charge is -2.14. The molecule has 1 aliphatic rings. The molecule has 2 N–H and O–H groups in total. The zero-order chi connectivity index (χ0) is 12.7. The Kier molecular flexibility index (Phi) is 2.73. The van der Waals surface area contributed by atoms with Gasteiger partial charge in [-0.1, -0.05) is 0 Å². The minimum absolute atomic E-state index is 0.195. The van der Waals surface area contributed by atoms with Crippen LogP contribution in [-0.2, 0) is 4.74 Å². The highest BCUT2D eigenvalue weighted by Crippen LogP contribution is 2.31. The van der Waals surface area contributed by atoms with Crippen molar-refractivity contribution in [2.24, 2.45) is 0 Å². The zero-order valence-electron chi connectivity index (χ0n) is 9.89. The van der Waals surface area contributed by atoms with Crippen molar-refractivity contribution in [3.05, 3.63) is 18.3 Å². The van der Waals surface area contributed by atoms with Crippen LogP contribution < -0.4 is 0 Å². The van der Waals surface area contributed by atoms with Crippen molar-refractivity contribution in [2.45, 2.75) is 31.8 Å². The molecular weight excluding hydrogens is 236 g/mol. The van der Waals surface area contributed by atoms with E-state index in [1.807, 2.05) is 11.5 Å². The van der Waals surface area contributed by atoms with Crippen molar-refractivity contribution in [3.8, 4) is 0 Å². The van der Waals surface area contributed by atoms with E-state index in [0.29, 0.717) is 12.1 Å². The fraction of sp³-hybridized carbons (Fsp3) is 0.545. The summed E-state index contributed by atoms with van der Waals surface area (Å²) in [5.74, 6) is 0. The highest BCUT2D eigenvalue weighted by atomic mass is 16.5. The Morgan fingerprint density at radius 2 is 2.28 bits per heavy atom. The standard InChI is InChI=1S/C11H14N4O3/c1-6-10-11(13-4-12-6)14-5-15(10)9-2-7(17)8(3-16)18-9/h4-5,7-9,16-17H,2-3H2,1H3/t7-,8-,9+/m0/s1. The van der Waals surface area contributed by atoms with Crippen LogP contribution in [0.15, 0.2) is 12.7 Å². The smallest absolute Gasteiger partial charge is 0.181 e. The summed E-state index contributed by atoms with van der Waals surface area (Å²) in [6, 6.07) is 0. The number of aromatic nitrogens is 4. The molecule has 1 aliphatic heterocycles. The highest BCUT2D eigenvalue weighted by Gasteiger charge is 2.35. The van der Waals surface area contributed by atoms with Crippen molar-refractivity contribution >= 4 is 11.2 Å². The third kappa shape index (κ3) is 1.67. The lowest BCUT2D eigenvalue weighted by Crippen LogP contribution is -2.24. The molecule has 0 radical (unpaired) electrons. The average molecular weight is 250 g/mol. The van der Waals surface area contributed by atoms with Gasteiger partial charge in [-0.15, -0.1) is 0 Å². The normalized spacial score (nSPS) is 28.1. The van der Waals surface area contributed by atoms with Crippen molar-refractivity contribution in [3.63, 3.8) is 0 Å². The van der Waals surface area contributed by atoms with Crippen molar-refractivity contribution in [1.29, 1.82) is 0 Å². The number of rotatable bonds is 2. The van der Waals surface area contributed by atoms with Gasteiger partial charge < -0.3 is 19.5 Å². The van der Waals surface area contributed by atoms with Gasteiger partial charge in [0.1, 0.15) is 24.2 Å². The quantitative estimate of drug-likeness (QED) is 0.765. The van der Waals surface area contributed by atoms with Gasteiger partial charge in [0.05, 0.1) is 24.7 Å². The second kappa shape index (κ2) is 4.27. The molecule has 0 spiro atoms. The summed E-state index contributed by atoms with van der Waals surface area (Å²) in [5, 5.41) is 18.8. The number of fused-ring (bicyclic) bond motifs is 1. The van der Waals surface area contributed by atoms with Gasteiger partial charge in [-0.3, -0.25) is 0 Å². The summed E-state index contributed by atoms with van der Waals surface area (Å²) < 4.78 is 7.41. The molecule has 0 unspecified atom stereocenters. The maximum Gasteiger partial charge on any atom is 0.181 e. The van der Waals surface area contributed by atoms with Crippen LogP contribution in [0.5, 0.6) is 0 Å². The third-order valence-corrected chi connectivity index (χ3v) is 3.24. The second-order valence-electron chi connectivity index (χ2n) is 4.40. The summed E-state index contributed by atoms with van der Waals surface area (Å²) in [7, 11) is 0. The summed E-state index contributed by atoms with van der Waals surface area (Å²) in [6.45, 7) is 1.68. The van der Waals surface area contributed by atoms with Gasteiger partial charge in [-0.2, -0.15) is 0 Å². The van der Waals surface area contributed by atoms with Gasteiger partial charge >= 0.3 is 0 Å². The van der Waals surface area contributed by atoms with E-state index in [0.717, 1.165) is 11.2 Å². The van der Waals surface area contributed by atoms with Crippen LogP contribution in [0, 0.1) is 6.92 Å². The Labute approximate surface area is 103 Å². The second-order valence-corrected chi connectivity index (χ2v) is 4.40. The predicted octanol–water partition coefficient (Wildman–Crippen LogP) is -0.225. The van der Waals surface area contributed by atoms with Crippen LogP contribution in [0.3, 0.4) is 0 Å². The predicted molar refractivity (Wildman–Crippen MR) is 61.7 cm³/mol. The van der Waals surface area contributed by atoms with E-state index in [1.165, 1.54) is 6.33 Å². The SMILES string of the molecule is Cc1ncnc2ncn([C@H]3C[C@H](O)[C@H](CO)O3)c12. The molecule has 7 nitrogen and oxygen atoms in total. The lowest BCUT2D eigenvalue weighted by atomic mass is 10.2. The maximum absolute atomic E-state index is 9.75. The minimum Gasteiger partial charge on any atom is -0.394 e. The topological polar surface area (TPSA) is 93.3 Å². The van der Waals surface area contributed by atoms with Gasteiger partial charge in [0.25, 0.3) is 0 Å². The Hall–Kier alpha value is -1.57. The van der Waals surface area contributed by atoms with Gasteiger partial charge in [0.2, 0.25) is 0 Å². The van der Waals surface area contributed by atoms with Crippen molar-refractivity contribution in [1.82, 2.24) is 19.5 Å². The number of hydrogen-bond acceptors (Lipinski definition) is 6. The fourth-order valence-electron chi connectivity index (χ4n) is 2.29. The van der Waals surface area contributed by atoms with Gasteiger partial charge in [0.15, 0.2) is 5.65 Å². The summed E-state index contributed by atoms with van der Waals surface area (Å²) in [6.07, 6.45) is 1.97. The van der Waals surface area contributed by atoms with Crippen LogP contribution >= 0.6 is 0 Å². The molecule has 7 heteroatoms. The molecule has 18 heavy (non-hydrogen) atoms. The maximum atomic E-state index is 9.75. The first kappa shape index (κ1) is 11.5. The third-order valence-electron chi connectivity index (χ3n) is 3.24. The molecule has 0 bridgehead atoms. The monoisotopic (exact) mass is 250 g/mol. The van der Waals surface area contributed by atoms with E-state index in [4.69, 9.17) is 9.84 Å². The van der Waals surface area contributed by atoms with Crippen LogP contribution in [0.4, 0.5) is 0 Å². The lowest BCUT2D eigenvalue weighted by molar-refractivity contribution is -0.0431. The van der Waals surface area contributed by atoms with E-state index in [-0.39, 0.29) is 12.8 Å². The van der Waals surface area contributed by atoms with Crippen LogP contribution in [0.1, 0.15) is 18.3 Å². The van der Waals surface area contributed by atoms with Crippen LogP contribution in [0.2, 0.25) is 0 Å². The molecule has 0 saturated carbocycles. The highest BCUT2D eigenvalue weighted by molar-refractivity contribution is 5.72. The zero-order valence-corrected chi connectivity index (χ0v) is 9.89. The van der Waals surface area contributed by atoms with E-state index in [9.17, 15) is 5.11 Å². The largest absolute Gasteiger partial charge is 0.394 e. The molecule has 96 valence electrons. The van der Waals surface area contributed by atoms with Gasteiger partial charge in [-0.25, -0.2) is 15.0 Å². The van der Waals surface area contributed by atoms with E-state index < -0.39 is 12.2 Å². The minimum atomic E-state index is -0.664. The Balaban J connectivity index is 2.01. The van der Waals surface area contributed by atoms with E-state index in [1.54, 1.807) is 6.33 Å². The fourth-order valence-corrected chi connectivity index (χ4v) is 2.29. The van der Waals surface area contributed by atoms with Crippen LogP contribution in [0.25, 0.3) is 11.2 Å². The molecule has 3 atom stereocenters. The number of aliphatic hydroxyl groups excluding tert-OH is 2. The number of aliphatic hydroxyl groups is 2. The summed E-state index contributed by atoms with van der Waals surface area (Å²) in [4.78, 5) is 12.4. The number of imidazole rings is 1.